The molecule has 0 spiro atoms. The van der Waals surface area contributed by atoms with Gasteiger partial charge in [-0.3, -0.25) is 20.4 Å². The van der Waals surface area contributed by atoms with Crippen LogP contribution in [-0.4, -0.2) is 43.1 Å². The average Bonchev–Trinajstić information content (AvgIpc) is 3.42. The number of hydrogen-bond donors (Lipinski definition) is 2. The SMILES string of the molecule is Cc1nc(N2CCOCC2)sc1C(=O)NNC(=O)c1cc2c(s1)-c1ccccc1CC2. The summed E-state index contributed by atoms with van der Waals surface area (Å²) < 4.78 is 5.37. The first kappa shape index (κ1) is 20.2. The fourth-order valence-corrected chi connectivity index (χ4v) is 6.08. The van der Waals surface area contributed by atoms with Crippen LogP contribution in [0.2, 0.25) is 0 Å². The molecule has 0 bridgehead atoms. The second-order valence-corrected chi connectivity index (χ2v) is 9.57. The number of carbonyl (C=O) groups is 2. The molecule has 5 rings (SSSR count). The van der Waals surface area contributed by atoms with E-state index in [1.807, 2.05) is 25.1 Å². The minimum atomic E-state index is -0.352. The van der Waals surface area contributed by atoms with Crippen LogP contribution in [-0.2, 0) is 17.6 Å². The van der Waals surface area contributed by atoms with E-state index < -0.39 is 0 Å². The average molecular weight is 455 g/mol. The number of nitrogens with one attached hydrogen (secondary N) is 2. The summed E-state index contributed by atoms with van der Waals surface area (Å²) in [6.45, 7) is 4.65. The van der Waals surface area contributed by atoms with E-state index in [4.69, 9.17) is 4.74 Å². The number of hydrazine groups is 1. The molecular formula is C22H22N4O3S2. The summed E-state index contributed by atoms with van der Waals surface area (Å²) in [5, 5.41) is 0.807. The molecule has 0 unspecified atom stereocenters. The van der Waals surface area contributed by atoms with Gasteiger partial charge in [-0.05, 0) is 42.5 Å². The first-order chi connectivity index (χ1) is 15.1. The summed E-state index contributed by atoms with van der Waals surface area (Å²) in [6, 6.07) is 10.3. The molecule has 3 aromatic rings. The van der Waals surface area contributed by atoms with Crippen molar-refractivity contribution in [2.75, 3.05) is 31.2 Å². The number of nitrogens with zero attached hydrogens (tertiary/aromatic N) is 2. The van der Waals surface area contributed by atoms with Crippen molar-refractivity contribution < 1.29 is 14.3 Å². The topological polar surface area (TPSA) is 83.6 Å². The van der Waals surface area contributed by atoms with Crippen LogP contribution >= 0.6 is 22.7 Å². The van der Waals surface area contributed by atoms with E-state index in [1.54, 1.807) is 0 Å². The molecule has 9 heteroatoms. The number of hydrogen-bond acceptors (Lipinski definition) is 7. The lowest BCUT2D eigenvalue weighted by Gasteiger charge is -2.25. The van der Waals surface area contributed by atoms with Crippen LogP contribution in [0.5, 0.6) is 0 Å². The van der Waals surface area contributed by atoms with Gasteiger partial charge in [-0.2, -0.15) is 0 Å². The van der Waals surface area contributed by atoms with Gasteiger partial charge in [0.2, 0.25) is 0 Å². The molecule has 0 saturated carbocycles. The van der Waals surface area contributed by atoms with Crippen molar-refractivity contribution in [1.82, 2.24) is 15.8 Å². The van der Waals surface area contributed by atoms with Crippen LogP contribution in [0.1, 0.15) is 36.2 Å². The Labute approximate surface area is 188 Å². The second-order valence-electron chi connectivity index (χ2n) is 7.54. The number of thiazole rings is 1. The van der Waals surface area contributed by atoms with Gasteiger partial charge in [0, 0.05) is 18.0 Å². The largest absolute Gasteiger partial charge is 0.378 e. The van der Waals surface area contributed by atoms with Gasteiger partial charge < -0.3 is 9.64 Å². The van der Waals surface area contributed by atoms with E-state index >= 15 is 0 Å². The Balaban J connectivity index is 1.26. The van der Waals surface area contributed by atoms with Crippen LogP contribution in [0.15, 0.2) is 30.3 Å². The number of aromatic nitrogens is 1. The Morgan fingerprint density at radius 1 is 1.03 bits per heavy atom. The van der Waals surface area contributed by atoms with Crippen molar-refractivity contribution in [1.29, 1.82) is 0 Å². The fourth-order valence-electron chi connectivity index (χ4n) is 3.90. The van der Waals surface area contributed by atoms with Gasteiger partial charge in [0.05, 0.1) is 23.8 Å². The normalized spacial score (nSPS) is 15.2. The lowest BCUT2D eigenvalue weighted by Crippen LogP contribution is -2.41. The van der Waals surface area contributed by atoms with Crippen molar-refractivity contribution in [3.05, 3.63) is 56.9 Å². The van der Waals surface area contributed by atoms with Crippen molar-refractivity contribution in [2.24, 2.45) is 0 Å². The highest BCUT2D eigenvalue weighted by molar-refractivity contribution is 7.18. The van der Waals surface area contributed by atoms with Gasteiger partial charge in [-0.1, -0.05) is 35.6 Å². The number of benzene rings is 1. The molecule has 1 fully saturated rings. The smallest absolute Gasteiger partial charge is 0.281 e. The number of ether oxygens (including phenoxy) is 1. The van der Waals surface area contributed by atoms with Crippen LogP contribution < -0.4 is 15.8 Å². The number of fused-ring (bicyclic) bond motifs is 3. The van der Waals surface area contributed by atoms with Gasteiger partial charge in [0.25, 0.3) is 11.8 Å². The third-order valence-corrected chi connectivity index (χ3v) is 7.95. The molecule has 0 atom stereocenters. The Morgan fingerprint density at radius 3 is 2.61 bits per heavy atom. The predicted octanol–water partition coefficient (Wildman–Crippen LogP) is 3.19. The van der Waals surface area contributed by atoms with E-state index in [-0.39, 0.29) is 11.8 Å². The van der Waals surface area contributed by atoms with E-state index in [1.165, 1.54) is 39.4 Å². The molecule has 2 aromatic heterocycles. The number of morpholine rings is 1. The maximum absolute atomic E-state index is 12.7. The fraction of sp³-hybridized carbons (Fsp3) is 0.318. The van der Waals surface area contributed by atoms with Gasteiger partial charge in [-0.15, -0.1) is 11.3 Å². The predicted molar refractivity (Wildman–Crippen MR) is 122 cm³/mol. The molecule has 0 radical (unpaired) electrons. The van der Waals surface area contributed by atoms with E-state index in [2.05, 4.69) is 32.9 Å². The van der Waals surface area contributed by atoms with Gasteiger partial charge >= 0.3 is 0 Å². The Hall–Kier alpha value is -2.75. The van der Waals surface area contributed by atoms with Crippen molar-refractivity contribution in [2.45, 2.75) is 19.8 Å². The highest BCUT2D eigenvalue weighted by Gasteiger charge is 2.23. The quantitative estimate of drug-likeness (QED) is 0.594. The number of anilines is 1. The number of carbonyl (C=O) groups excluding carboxylic acids is 2. The maximum atomic E-state index is 12.7. The Morgan fingerprint density at radius 2 is 1.77 bits per heavy atom. The number of amides is 2. The lowest BCUT2D eigenvalue weighted by atomic mass is 9.91. The third kappa shape index (κ3) is 3.96. The first-order valence-corrected chi connectivity index (χ1v) is 11.9. The summed E-state index contributed by atoms with van der Waals surface area (Å²) in [6.07, 6.45) is 1.90. The zero-order valence-electron chi connectivity index (χ0n) is 17.1. The van der Waals surface area contributed by atoms with E-state index in [0.29, 0.717) is 28.7 Å². The van der Waals surface area contributed by atoms with Gasteiger partial charge in [0.15, 0.2) is 5.13 Å². The summed E-state index contributed by atoms with van der Waals surface area (Å²) in [5.41, 5.74) is 9.47. The maximum Gasteiger partial charge on any atom is 0.281 e. The molecule has 1 saturated heterocycles. The number of rotatable bonds is 3. The Bertz CT molecular complexity index is 1150. The number of thiophene rings is 1. The molecule has 1 aliphatic heterocycles. The third-order valence-electron chi connectivity index (χ3n) is 5.52. The molecule has 1 aliphatic carbocycles. The van der Waals surface area contributed by atoms with Crippen molar-refractivity contribution in [3.63, 3.8) is 0 Å². The van der Waals surface area contributed by atoms with E-state index in [0.717, 1.165) is 35.9 Å². The van der Waals surface area contributed by atoms with Gasteiger partial charge in [0.1, 0.15) is 4.88 Å². The summed E-state index contributed by atoms with van der Waals surface area (Å²) in [4.78, 5) is 34.2. The van der Waals surface area contributed by atoms with Crippen LogP contribution in [0.3, 0.4) is 0 Å². The molecule has 160 valence electrons. The summed E-state index contributed by atoms with van der Waals surface area (Å²) in [7, 11) is 0. The van der Waals surface area contributed by atoms with E-state index in [9.17, 15) is 9.59 Å². The second kappa shape index (κ2) is 8.41. The Kier molecular flexibility index (Phi) is 5.47. The zero-order chi connectivity index (χ0) is 21.4. The first-order valence-electron chi connectivity index (χ1n) is 10.2. The lowest BCUT2D eigenvalue weighted by molar-refractivity contribution is 0.0850. The molecule has 2 aliphatic rings. The zero-order valence-corrected chi connectivity index (χ0v) is 18.7. The molecule has 3 heterocycles. The monoisotopic (exact) mass is 454 g/mol. The van der Waals surface area contributed by atoms with Gasteiger partial charge in [-0.25, -0.2) is 4.98 Å². The highest BCUT2D eigenvalue weighted by atomic mass is 32.1. The standard InChI is InChI=1S/C22H22N4O3S2/c1-13-18(31-22(23-13)26-8-10-29-11-9-26)21(28)25-24-20(27)17-12-15-7-6-14-4-2-3-5-16(14)19(15)30-17/h2-5,12H,6-11H2,1H3,(H,24,27)(H,25,28). The number of aryl methyl sites for hydroxylation is 3. The molecule has 2 amide bonds. The molecule has 31 heavy (non-hydrogen) atoms. The summed E-state index contributed by atoms with van der Waals surface area (Å²) in [5.74, 6) is -0.657. The van der Waals surface area contributed by atoms with Crippen molar-refractivity contribution in [3.8, 4) is 10.4 Å². The van der Waals surface area contributed by atoms with Crippen LogP contribution in [0.25, 0.3) is 10.4 Å². The molecule has 7 nitrogen and oxygen atoms in total. The molecular weight excluding hydrogens is 432 g/mol. The summed E-state index contributed by atoms with van der Waals surface area (Å²) >= 11 is 2.80. The van der Waals surface area contributed by atoms with Crippen LogP contribution in [0, 0.1) is 6.92 Å². The van der Waals surface area contributed by atoms with Crippen molar-refractivity contribution >= 4 is 39.6 Å². The molecule has 1 aromatic carbocycles. The highest BCUT2D eigenvalue weighted by Crippen LogP contribution is 2.39. The molecule has 2 N–H and O–H groups in total. The minimum absolute atomic E-state index is 0.305. The minimum Gasteiger partial charge on any atom is -0.378 e. The van der Waals surface area contributed by atoms with Crippen LogP contribution in [0.4, 0.5) is 5.13 Å².